The summed E-state index contributed by atoms with van der Waals surface area (Å²) in [5.41, 5.74) is 3.59. The minimum absolute atomic E-state index is 0.182. The molecule has 0 fully saturated rings. The molecule has 0 aliphatic rings. The standard InChI is InChI=1S/C34H67O6PSi2/c1-26(2)43(27(3)4,28(5)6)40-33(31(9)32(35)25-41(36,37-13)38-14)23-22-30(8)20-17-19-29(7)21-18-24-39-42(15,16)34(10,11)12/h19-20,22-23,26-28,31,33H,17-18,21,24-25H2,1-16H3/b23-22+,29-19+,30-20+/t31-,33-/m1/s1. The van der Waals surface area contributed by atoms with E-state index >= 15 is 0 Å². The largest absolute Gasteiger partial charge is 0.417 e. The van der Waals surface area contributed by atoms with Gasteiger partial charge in [-0.25, -0.2) is 0 Å². The zero-order valence-corrected chi connectivity index (χ0v) is 33.5. The molecule has 6 nitrogen and oxygen atoms in total. The van der Waals surface area contributed by atoms with Gasteiger partial charge in [0.25, 0.3) is 0 Å². The van der Waals surface area contributed by atoms with Crippen LogP contribution in [0.3, 0.4) is 0 Å². The van der Waals surface area contributed by atoms with Gasteiger partial charge in [0, 0.05) is 26.7 Å². The van der Waals surface area contributed by atoms with Crippen molar-refractivity contribution >= 4 is 30.0 Å². The maximum atomic E-state index is 13.4. The van der Waals surface area contributed by atoms with Gasteiger partial charge in [0.2, 0.25) is 8.32 Å². The Kier molecular flexibility index (Phi) is 18.3. The topological polar surface area (TPSA) is 71.1 Å². The Morgan fingerprint density at radius 3 is 1.84 bits per heavy atom. The number of rotatable bonds is 20. The SMILES string of the molecule is COP(=O)(CC(=O)[C@@H](C)[C@@H](/C=C/C(C)=C/C/C=C(\C)CCCO[Si](C)(C)C(C)(C)C)O[Si](C(C)C)(C(C)C)C(C)C)OC. The van der Waals surface area contributed by atoms with Gasteiger partial charge in [-0.15, -0.1) is 0 Å². The van der Waals surface area contributed by atoms with Gasteiger partial charge in [-0.2, -0.15) is 0 Å². The number of Topliss-reactive ketones (excluding diaryl/α,β-unsaturated/α-hetero) is 1. The monoisotopic (exact) mass is 658 g/mol. The van der Waals surface area contributed by atoms with E-state index in [0.29, 0.717) is 16.6 Å². The van der Waals surface area contributed by atoms with Gasteiger partial charge in [0.05, 0.1) is 6.10 Å². The predicted octanol–water partition coefficient (Wildman–Crippen LogP) is 10.9. The minimum atomic E-state index is -3.47. The van der Waals surface area contributed by atoms with Crippen LogP contribution in [0, 0.1) is 5.92 Å². The summed E-state index contributed by atoms with van der Waals surface area (Å²) in [6.45, 7) is 31.8. The highest BCUT2D eigenvalue weighted by atomic mass is 31.2. The molecule has 0 heterocycles. The highest BCUT2D eigenvalue weighted by Gasteiger charge is 2.47. The fraction of sp³-hybridized carbons (Fsp3) is 0.794. The second kappa shape index (κ2) is 18.5. The van der Waals surface area contributed by atoms with Crippen molar-refractivity contribution < 1.29 is 27.3 Å². The molecule has 0 saturated heterocycles. The van der Waals surface area contributed by atoms with Crippen LogP contribution in [0.2, 0.25) is 34.8 Å². The Bertz CT molecular complexity index is 962. The van der Waals surface area contributed by atoms with E-state index in [0.717, 1.165) is 31.4 Å². The summed E-state index contributed by atoms with van der Waals surface area (Å²) in [4.78, 5) is 13.4. The highest BCUT2D eigenvalue weighted by molar-refractivity contribution is 7.54. The maximum absolute atomic E-state index is 13.4. The molecule has 0 N–H and O–H groups in total. The zero-order chi connectivity index (χ0) is 33.8. The first-order chi connectivity index (χ1) is 19.6. The summed E-state index contributed by atoms with van der Waals surface area (Å²) in [6.07, 6.45) is 10.8. The highest BCUT2D eigenvalue weighted by Crippen LogP contribution is 2.48. The van der Waals surface area contributed by atoms with Crippen LogP contribution >= 0.6 is 7.60 Å². The van der Waals surface area contributed by atoms with E-state index in [1.807, 2.05) is 13.0 Å². The molecule has 2 atom stereocenters. The van der Waals surface area contributed by atoms with E-state index in [4.69, 9.17) is 17.9 Å². The van der Waals surface area contributed by atoms with Crippen molar-refractivity contribution in [2.75, 3.05) is 27.0 Å². The first kappa shape index (κ1) is 42.4. The molecule has 0 radical (unpaired) electrons. The number of carbonyl (C=O) groups is 1. The van der Waals surface area contributed by atoms with Crippen LogP contribution in [0.15, 0.2) is 35.5 Å². The van der Waals surface area contributed by atoms with Crippen molar-refractivity contribution in [2.24, 2.45) is 5.92 Å². The third-order valence-corrected chi connectivity index (χ3v) is 21.8. The first-order valence-electron chi connectivity index (χ1n) is 16.2. The second-order valence-electron chi connectivity index (χ2n) is 14.6. The molecule has 0 spiro atoms. The lowest BCUT2D eigenvalue weighted by atomic mass is 9.99. The average molecular weight is 659 g/mol. The van der Waals surface area contributed by atoms with Gasteiger partial charge in [0.15, 0.2) is 14.1 Å². The smallest absolute Gasteiger partial charge is 0.337 e. The molecule has 0 aromatic heterocycles. The lowest BCUT2D eigenvalue weighted by molar-refractivity contribution is -0.122. The second-order valence-corrected chi connectivity index (χ2v) is 27.1. The van der Waals surface area contributed by atoms with Gasteiger partial charge in [-0.05, 0) is 67.9 Å². The Balaban J connectivity index is 5.79. The predicted molar refractivity (Wildman–Crippen MR) is 190 cm³/mol. The van der Waals surface area contributed by atoms with Gasteiger partial charge in [0.1, 0.15) is 6.16 Å². The fourth-order valence-electron chi connectivity index (χ4n) is 5.43. The van der Waals surface area contributed by atoms with E-state index in [-0.39, 0.29) is 17.0 Å². The summed E-state index contributed by atoms with van der Waals surface area (Å²) in [5, 5.41) is 0.237. The first-order valence-corrected chi connectivity index (χ1v) is 22.9. The molecule has 0 unspecified atom stereocenters. The molecule has 0 aliphatic heterocycles. The molecule has 43 heavy (non-hydrogen) atoms. The van der Waals surface area contributed by atoms with E-state index in [9.17, 15) is 9.36 Å². The Hall–Kier alpha value is -0.606. The van der Waals surface area contributed by atoms with E-state index in [1.54, 1.807) is 0 Å². The van der Waals surface area contributed by atoms with Crippen LogP contribution in [0.5, 0.6) is 0 Å². The third-order valence-electron chi connectivity index (χ3n) is 9.39. The minimum Gasteiger partial charge on any atom is -0.417 e. The van der Waals surface area contributed by atoms with Crippen molar-refractivity contribution in [3.05, 3.63) is 35.5 Å². The van der Waals surface area contributed by atoms with Crippen LogP contribution in [0.4, 0.5) is 0 Å². The van der Waals surface area contributed by atoms with Gasteiger partial charge >= 0.3 is 7.60 Å². The molecule has 252 valence electrons. The number of carbonyl (C=O) groups excluding carboxylic acids is 1. The molecule has 0 rings (SSSR count). The fourth-order valence-corrected chi connectivity index (χ4v) is 13.2. The quantitative estimate of drug-likeness (QED) is 0.0426. The Morgan fingerprint density at radius 2 is 1.40 bits per heavy atom. The van der Waals surface area contributed by atoms with Gasteiger partial charge in [-0.1, -0.05) is 105 Å². The van der Waals surface area contributed by atoms with Crippen LogP contribution in [-0.4, -0.2) is 55.5 Å². The summed E-state index contributed by atoms with van der Waals surface area (Å²) in [5.74, 6) is -0.681. The van der Waals surface area contributed by atoms with Crippen LogP contribution < -0.4 is 0 Å². The molecule has 0 amide bonds. The zero-order valence-electron chi connectivity index (χ0n) is 30.6. The van der Waals surface area contributed by atoms with E-state index in [1.165, 1.54) is 19.8 Å². The average Bonchev–Trinajstić information content (AvgIpc) is 2.89. The van der Waals surface area contributed by atoms with Crippen molar-refractivity contribution in [2.45, 2.75) is 143 Å². The number of hydrogen-bond acceptors (Lipinski definition) is 6. The van der Waals surface area contributed by atoms with Gasteiger partial charge in [-0.3, -0.25) is 9.36 Å². The van der Waals surface area contributed by atoms with Crippen molar-refractivity contribution in [3.8, 4) is 0 Å². The normalized spacial score (nSPS) is 16.2. The summed E-state index contributed by atoms with van der Waals surface area (Å²) >= 11 is 0. The van der Waals surface area contributed by atoms with E-state index in [2.05, 4.69) is 107 Å². The third kappa shape index (κ3) is 13.3. The molecular weight excluding hydrogens is 592 g/mol. The number of hydrogen-bond donors (Lipinski definition) is 0. The lowest BCUT2D eigenvalue weighted by Gasteiger charge is -2.45. The molecule has 0 aliphatic carbocycles. The number of ketones is 1. The summed E-state index contributed by atoms with van der Waals surface area (Å²) < 4.78 is 36.3. The van der Waals surface area contributed by atoms with Gasteiger partial charge < -0.3 is 17.9 Å². The van der Waals surface area contributed by atoms with Crippen LogP contribution in [0.25, 0.3) is 0 Å². The van der Waals surface area contributed by atoms with E-state index < -0.39 is 36.3 Å². The molecule has 9 heteroatoms. The molecule has 0 bridgehead atoms. The lowest BCUT2D eigenvalue weighted by Crippen LogP contribution is -2.51. The van der Waals surface area contributed by atoms with Crippen molar-refractivity contribution in [3.63, 3.8) is 0 Å². The maximum Gasteiger partial charge on any atom is 0.337 e. The molecule has 0 saturated carbocycles. The van der Waals surface area contributed by atoms with Crippen LogP contribution in [-0.2, 0) is 27.3 Å². The van der Waals surface area contributed by atoms with Crippen LogP contribution in [0.1, 0.15) is 102 Å². The Morgan fingerprint density at radius 1 is 0.884 bits per heavy atom. The molecular formula is C34H67O6PSi2. The molecule has 0 aromatic rings. The molecule has 0 aromatic carbocycles. The summed E-state index contributed by atoms with van der Waals surface area (Å²) in [7, 11) is -4.83. The summed E-state index contributed by atoms with van der Waals surface area (Å²) in [6, 6.07) is 0. The van der Waals surface area contributed by atoms with Crippen molar-refractivity contribution in [1.82, 2.24) is 0 Å². The van der Waals surface area contributed by atoms with Crippen molar-refractivity contribution in [1.29, 1.82) is 0 Å². The number of allylic oxidation sites excluding steroid dienone is 5. The Labute approximate surface area is 268 Å².